The molecule has 20 heavy (non-hydrogen) atoms. The number of fused-ring (bicyclic) bond motifs is 1. The maximum atomic E-state index is 11.5. The SMILES string of the molecule is CC1CCC(C(=O)O)C(CC2CSc3ccccc32)C1. The standard InChI is InChI=1S/C17H22O2S/c1-11-6-7-15(17(18)19)12(8-11)9-13-10-20-16-5-3-2-4-14(13)16/h2-5,11-13,15H,6-10H2,1H3,(H,18,19). The Balaban J connectivity index is 1.74. The number of rotatable bonds is 3. The zero-order chi connectivity index (χ0) is 14.1. The fraction of sp³-hybridized carbons (Fsp3) is 0.588. The number of hydrogen-bond donors (Lipinski definition) is 1. The summed E-state index contributed by atoms with van der Waals surface area (Å²) in [5, 5.41) is 9.46. The molecule has 1 aliphatic carbocycles. The van der Waals surface area contributed by atoms with E-state index in [0.717, 1.165) is 31.4 Å². The van der Waals surface area contributed by atoms with Crippen LogP contribution >= 0.6 is 11.8 Å². The van der Waals surface area contributed by atoms with Crippen molar-refractivity contribution >= 4 is 17.7 Å². The minimum Gasteiger partial charge on any atom is -0.481 e. The summed E-state index contributed by atoms with van der Waals surface area (Å²) < 4.78 is 0. The first-order valence-corrected chi connectivity index (χ1v) is 8.58. The molecule has 3 heteroatoms. The third-order valence-electron chi connectivity index (χ3n) is 4.95. The monoisotopic (exact) mass is 290 g/mol. The summed E-state index contributed by atoms with van der Waals surface area (Å²) in [5.41, 5.74) is 1.44. The zero-order valence-electron chi connectivity index (χ0n) is 11.9. The highest BCUT2D eigenvalue weighted by atomic mass is 32.2. The lowest BCUT2D eigenvalue weighted by molar-refractivity contribution is -0.145. The van der Waals surface area contributed by atoms with Crippen molar-refractivity contribution in [2.75, 3.05) is 5.75 Å². The summed E-state index contributed by atoms with van der Waals surface area (Å²) in [5.74, 6) is 2.00. The number of hydrogen-bond acceptors (Lipinski definition) is 2. The van der Waals surface area contributed by atoms with Crippen LogP contribution in [0.4, 0.5) is 0 Å². The van der Waals surface area contributed by atoms with Gasteiger partial charge in [-0.25, -0.2) is 0 Å². The van der Waals surface area contributed by atoms with Crippen LogP contribution in [0, 0.1) is 17.8 Å². The number of benzene rings is 1. The summed E-state index contributed by atoms with van der Waals surface area (Å²) in [4.78, 5) is 12.9. The first kappa shape index (κ1) is 14.0. The van der Waals surface area contributed by atoms with Crippen molar-refractivity contribution in [3.05, 3.63) is 29.8 Å². The van der Waals surface area contributed by atoms with Gasteiger partial charge in [0.05, 0.1) is 5.92 Å². The first-order valence-electron chi connectivity index (χ1n) is 7.59. The molecule has 1 N–H and O–H groups in total. The van der Waals surface area contributed by atoms with E-state index < -0.39 is 5.97 Å². The predicted molar refractivity (Wildman–Crippen MR) is 82.2 cm³/mol. The molecule has 3 rings (SSSR count). The highest BCUT2D eigenvalue weighted by Crippen LogP contribution is 2.46. The van der Waals surface area contributed by atoms with Crippen molar-refractivity contribution in [2.45, 2.75) is 43.4 Å². The van der Waals surface area contributed by atoms with Crippen LogP contribution in [-0.4, -0.2) is 16.8 Å². The Morgan fingerprint density at radius 2 is 2.15 bits per heavy atom. The van der Waals surface area contributed by atoms with Crippen LogP contribution < -0.4 is 0 Å². The minimum absolute atomic E-state index is 0.121. The van der Waals surface area contributed by atoms with Crippen molar-refractivity contribution < 1.29 is 9.90 Å². The number of carboxylic acid groups (broad SMARTS) is 1. The van der Waals surface area contributed by atoms with Crippen molar-refractivity contribution in [1.82, 2.24) is 0 Å². The molecule has 2 aliphatic rings. The van der Waals surface area contributed by atoms with Crippen LogP contribution in [0.25, 0.3) is 0 Å². The molecule has 0 spiro atoms. The third-order valence-corrected chi connectivity index (χ3v) is 6.20. The van der Waals surface area contributed by atoms with E-state index in [2.05, 4.69) is 31.2 Å². The largest absolute Gasteiger partial charge is 0.481 e. The fourth-order valence-electron chi connectivity index (χ4n) is 3.87. The van der Waals surface area contributed by atoms with Gasteiger partial charge in [0.1, 0.15) is 0 Å². The van der Waals surface area contributed by atoms with E-state index >= 15 is 0 Å². The van der Waals surface area contributed by atoms with Crippen molar-refractivity contribution in [1.29, 1.82) is 0 Å². The quantitative estimate of drug-likeness (QED) is 0.896. The Morgan fingerprint density at radius 1 is 1.35 bits per heavy atom. The van der Waals surface area contributed by atoms with Gasteiger partial charge in [-0.05, 0) is 55.1 Å². The summed E-state index contributed by atoms with van der Waals surface area (Å²) in [7, 11) is 0. The number of carbonyl (C=O) groups is 1. The van der Waals surface area contributed by atoms with Crippen molar-refractivity contribution in [3.63, 3.8) is 0 Å². The molecule has 0 saturated heterocycles. The molecule has 108 valence electrons. The van der Waals surface area contributed by atoms with E-state index in [1.807, 2.05) is 11.8 Å². The van der Waals surface area contributed by atoms with Gasteiger partial charge >= 0.3 is 5.97 Å². The van der Waals surface area contributed by atoms with E-state index in [-0.39, 0.29) is 5.92 Å². The van der Waals surface area contributed by atoms with Gasteiger partial charge in [-0.3, -0.25) is 4.79 Å². The molecule has 1 aliphatic heterocycles. The molecule has 1 saturated carbocycles. The molecule has 1 aromatic rings. The van der Waals surface area contributed by atoms with Gasteiger partial charge in [0.2, 0.25) is 0 Å². The number of thioether (sulfide) groups is 1. The van der Waals surface area contributed by atoms with Gasteiger partial charge in [-0.2, -0.15) is 0 Å². The highest BCUT2D eigenvalue weighted by Gasteiger charge is 2.36. The van der Waals surface area contributed by atoms with Crippen molar-refractivity contribution in [2.24, 2.45) is 17.8 Å². The van der Waals surface area contributed by atoms with E-state index in [0.29, 0.717) is 17.8 Å². The molecular formula is C17H22O2S. The van der Waals surface area contributed by atoms with E-state index in [9.17, 15) is 9.90 Å². The minimum atomic E-state index is -0.583. The molecule has 1 fully saturated rings. The van der Waals surface area contributed by atoms with Crippen LogP contribution in [-0.2, 0) is 4.79 Å². The normalized spacial score (nSPS) is 32.9. The average molecular weight is 290 g/mol. The molecule has 0 amide bonds. The molecule has 4 unspecified atom stereocenters. The van der Waals surface area contributed by atoms with Crippen LogP contribution in [0.5, 0.6) is 0 Å². The lowest BCUT2D eigenvalue weighted by atomic mass is 9.71. The van der Waals surface area contributed by atoms with Crippen LogP contribution in [0.2, 0.25) is 0 Å². The van der Waals surface area contributed by atoms with E-state index in [4.69, 9.17) is 0 Å². The molecule has 4 atom stereocenters. The molecule has 1 aromatic carbocycles. The van der Waals surface area contributed by atoms with Gasteiger partial charge in [-0.1, -0.05) is 25.1 Å². The Labute approximate surface area is 125 Å². The molecular weight excluding hydrogens is 268 g/mol. The van der Waals surface area contributed by atoms with Crippen LogP contribution in [0.15, 0.2) is 29.2 Å². The van der Waals surface area contributed by atoms with E-state index in [1.54, 1.807) is 0 Å². The average Bonchev–Trinajstić information content (AvgIpc) is 2.82. The zero-order valence-corrected chi connectivity index (χ0v) is 12.7. The molecule has 0 aromatic heterocycles. The second kappa shape index (κ2) is 5.80. The second-order valence-electron chi connectivity index (χ2n) is 6.40. The van der Waals surface area contributed by atoms with Gasteiger partial charge in [0.25, 0.3) is 0 Å². The Bertz CT molecular complexity index is 500. The maximum absolute atomic E-state index is 11.5. The topological polar surface area (TPSA) is 37.3 Å². The van der Waals surface area contributed by atoms with Gasteiger partial charge in [0, 0.05) is 10.6 Å². The maximum Gasteiger partial charge on any atom is 0.306 e. The summed E-state index contributed by atoms with van der Waals surface area (Å²) in [6, 6.07) is 8.62. The molecule has 1 heterocycles. The number of carboxylic acids is 1. The Morgan fingerprint density at radius 3 is 2.95 bits per heavy atom. The van der Waals surface area contributed by atoms with Crippen LogP contribution in [0.1, 0.15) is 44.1 Å². The summed E-state index contributed by atoms with van der Waals surface area (Å²) >= 11 is 1.93. The fourth-order valence-corrected chi connectivity index (χ4v) is 5.15. The van der Waals surface area contributed by atoms with Gasteiger partial charge in [0.15, 0.2) is 0 Å². The van der Waals surface area contributed by atoms with Gasteiger partial charge in [-0.15, -0.1) is 11.8 Å². The highest BCUT2D eigenvalue weighted by molar-refractivity contribution is 7.99. The number of aliphatic carboxylic acids is 1. The lowest BCUT2D eigenvalue weighted by Gasteiger charge is -2.34. The molecule has 2 nitrogen and oxygen atoms in total. The summed E-state index contributed by atoms with van der Waals surface area (Å²) in [6.07, 6.45) is 4.07. The smallest absolute Gasteiger partial charge is 0.306 e. The van der Waals surface area contributed by atoms with E-state index in [1.165, 1.54) is 10.5 Å². The second-order valence-corrected chi connectivity index (χ2v) is 7.47. The molecule has 0 radical (unpaired) electrons. The molecule has 0 bridgehead atoms. The predicted octanol–water partition coefficient (Wildman–Crippen LogP) is 4.40. The summed E-state index contributed by atoms with van der Waals surface area (Å²) in [6.45, 7) is 2.27. The lowest BCUT2D eigenvalue weighted by Crippen LogP contribution is -2.31. The Hall–Kier alpha value is -0.960. The third kappa shape index (κ3) is 2.73. The first-order chi connectivity index (χ1) is 9.65. The van der Waals surface area contributed by atoms with Crippen molar-refractivity contribution in [3.8, 4) is 0 Å². The van der Waals surface area contributed by atoms with Crippen LogP contribution in [0.3, 0.4) is 0 Å². The van der Waals surface area contributed by atoms with Gasteiger partial charge < -0.3 is 5.11 Å². The Kier molecular flexibility index (Phi) is 4.06.